The van der Waals surface area contributed by atoms with Gasteiger partial charge >= 0.3 is 5.97 Å². The van der Waals surface area contributed by atoms with Gasteiger partial charge < -0.3 is 9.47 Å². The summed E-state index contributed by atoms with van der Waals surface area (Å²) in [5.41, 5.74) is 2.64. The van der Waals surface area contributed by atoms with Crippen LogP contribution in [0.25, 0.3) is 6.08 Å². The van der Waals surface area contributed by atoms with Gasteiger partial charge in [0.15, 0.2) is 5.92 Å². The van der Waals surface area contributed by atoms with Gasteiger partial charge in [-0.3, -0.25) is 14.6 Å². The number of hydrogen-bond acceptors (Lipinski definition) is 5. The molecule has 138 valence electrons. The first kappa shape index (κ1) is 18.6. The molecule has 0 bridgehead atoms. The van der Waals surface area contributed by atoms with Crippen molar-refractivity contribution in [2.24, 2.45) is 10.9 Å². The SMILES string of the molecule is CCOC(=O)C1C(=O)/C(=C\c2ccc(OCc3ccccc3)cc2)N=C1C. The Morgan fingerprint density at radius 1 is 1.11 bits per heavy atom. The summed E-state index contributed by atoms with van der Waals surface area (Å²) in [5.74, 6) is -1.06. The van der Waals surface area contributed by atoms with Gasteiger partial charge in [0.25, 0.3) is 0 Å². The van der Waals surface area contributed by atoms with Crippen LogP contribution in [-0.4, -0.2) is 24.1 Å². The van der Waals surface area contributed by atoms with Gasteiger partial charge in [0.1, 0.15) is 18.1 Å². The number of ketones is 1. The van der Waals surface area contributed by atoms with Crippen molar-refractivity contribution in [3.8, 4) is 5.75 Å². The summed E-state index contributed by atoms with van der Waals surface area (Å²) >= 11 is 0. The maximum Gasteiger partial charge on any atom is 0.322 e. The molecule has 0 fully saturated rings. The largest absolute Gasteiger partial charge is 0.489 e. The molecule has 1 atom stereocenters. The molecular weight excluding hydrogens is 342 g/mol. The Hall–Kier alpha value is -3.21. The lowest BCUT2D eigenvalue weighted by atomic mass is 10.0. The molecule has 0 aliphatic carbocycles. The number of esters is 1. The standard InChI is InChI=1S/C22H21NO4/c1-3-26-22(25)20-15(2)23-19(21(20)24)13-16-9-11-18(12-10-16)27-14-17-7-5-4-6-8-17/h4-13,20H,3,14H2,1-2H3/b19-13+. The zero-order chi connectivity index (χ0) is 19.2. The average molecular weight is 363 g/mol. The lowest BCUT2D eigenvalue weighted by molar-refractivity contribution is -0.147. The van der Waals surface area contributed by atoms with Crippen LogP contribution in [0.2, 0.25) is 0 Å². The molecule has 0 saturated heterocycles. The van der Waals surface area contributed by atoms with Crippen LogP contribution < -0.4 is 4.74 Å². The molecular formula is C22H21NO4. The second-order valence-corrected chi connectivity index (χ2v) is 6.18. The van der Waals surface area contributed by atoms with Gasteiger partial charge in [-0.25, -0.2) is 0 Å². The third-order valence-electron chi connectivity index (χ3n) is 4.18. The van der Waals surface area contributed by atoms with Crippen molar-refractivity contribution in [2.45, 2.75) is 20.5 Å². The van der Waals surface area contributed by atoms with Crippen LogP contribution in [0.3, 0.4) is 0 Å². The highest BCUT2D eigenvalue weighted by Crippen LogP contribution is 2.24. The molecule has 0 N–H and O–H groups in total. The van der Waals surface area contributed by atoms with Crippen molar-refractivity contribution in [3.63, 3.8) is 0 Å². The van der Waals surface area contributed by atoms with E-state index in [2.05, 4.69) is 4.99 Å². The predicted octanol–water partition coefficient (Wildman–Crippen LogP) is 3.83. The fourth-order valence-corrected chi connectivity index (χ4v) is 2.81. The van der Waals surface area contributed by atoms with Gasteiger partial charge in [0.05, 0.1) is 6.61 Å². The van der Waals surface area contributed by atoms with Gasteiger partial charge in [0, 0.05) is 5.71 Å². The Bertz CT molecular complexity index is 882. The molecule has 0 spiro atoms. The smallest absolute Gasteiger partial charge is 0.322 e. The van der Waals surface area contributed by atoms with E-state index in [0.717, 1.165) is 16.9 Å². The Morgan fingerprint density at radius 3 is 2.48 bits per heavy atom. The molecule has 1 heterocycles. The minimum absolute atomic E-state index is 0.236. The third kappa shape index (κ3) is 4.50. The number of aliphatic imine (C=N–C) groups is 1. The van der Waals surface area contributed by atoms with Crippen LogP contribution >= 0.6 is 0 Å². The second-order valence-electron chi connectivity index (χ2n) is 6.18. The van der Waals surface area contributed by atoms with Gasteiger partial charge in [-0.05, 0) is 43.2 Å². The number of allylic oxidation sites excluding steroid dienone is 1. The first-order valence-electron chi connectivity index (χ1n) is 8.83. The van der Waals surface area contributed by atoms with E-state index in [0.29, 0.717) is 12.3 Å². The summed E-state index contributed by atoms with van der Waals surface area (Å²) in [5, 5.41) is 0. The molecule has 2 aromatic carbocycles. The predicted molar refractivity (Wildman–Crippen MR) is 103 cm³/mol. The molecule has 1 aliphatic rings. The Labute approximate surface area is 158 Å². The van der Waals surface area contributed by atoms with Crippen LogP contribution in [-0.2, 0) is 20.9 Å². The summed E-state index contributed by atoms with van der Waals surface area (Å²) in [6, 6.07) is 17.3. The molecule has 0 saturated carbocycles. The molecule has 3 rings (SSSR count). The highest BCUT2D eigenvalue weighted by molar-refractivity contribution is 6.28. The van der Waals surface area contributed by atoms with Crippen molar-refractivity contribution < 1.29 is 19.1 Å². The van der Waals surface area contributed by atoms with E-state index in [1.54, 1.807) is 19.9 Å². The maximum absolute atomic E-state index is 12.5. The quantitative estimate of drug-likeness (QED) is 0.444. The van der Waals surface area contributed by atoms with Crippen molar-refractivity contribution in [1.82, 2.24) is 0 Å². The monoisotopic (exact) mass is 363 g/mol. The number of benzene rings is 2. The summed E-state index contributed by atoms with van der Waals surface area (Å²) in [4.78, 5) is 28.6. The lowest BCUT2D eigenvalue weighted by Gasteiger charge is -2.07. The van der Waals surface area contributed by atoms with Gasteiger partial charge in [0.2, 0.25) is 5.78 Å². The van der Waals surface area contributed by atoms with Gasteiger partial charge in [-0.1, -0.05) is 42.5 Å². The topological polar surface area (TPSA) is 65.0 Å². The van der Waals surface area contributed by atoms with Crippen LogP contribution in [0.15, 0.2) is 65.3 Å². The zero-order valence-electron chi connectivity index (χ0n) is 15.3. The Balaban J connectivity index is 1.67. The van der Waals surface area contributed by atoms with Gasteiger partial charge in [-0.15, -0.1) is 0 Å². The fourth-order valence-electron chi connectivity index (χ4n) is 2.81. The molecule has 2 aromatic rings. The maximum atomic E-state index is 12.5. The van der Waals surface area contributed by atoms with Crippen LogP contribution in [0.4, 0.5) is 0 Å². The number of carbonyl (C=O) groups is 2. The highest BCUT2D eigenvalue weighted by Gasteiger charge is 2.37. The van der Waals surface area contributed by atoms with E-state index in [-0.39, 0.29) is 18.1 Å². The molecule has 1 aliphatic heterocycles. The Kier molecular flexibility index (Phi) is 5.81. The first-order chi connectivity index (χ1) is 13.1. The third-order valence-corrected chi connectivity index (χ3v) is 4.18. The minimum Gasteiger partial charge on any atom is -0.489 e. The highest BCUT2D eigenvalue weighted by atomic mass is 16.5. The summed E-state index contributed by atoms with van der Waals surface area (Å²) in [7, 11) is 0. The molecule has 1 unspecified atom stereocenters. The van der Waals surface area contributed by atoms with Gasteiger partial charge in [-0.2, -0.15) is 0 Å². The Morgan fingerprint density at radius 2 is 1.81 bits per heavy atom. The van der Waals surface area contributed by atoms with Crippen molar-refractivity contribution in [1.29, 1.82) is 0 Å². The van der Waals surface area contributed by atoms with Crippen molar-refractivity contribution >= 4 is 23.5 Å². The minimum atomic E-state index is -0.926. The molecule has 5 nitrogen and oxygen atoms in total. The molecule has 0 radical (unpaired) electrons. The average Bonchev–Trinajstić information content (AvgIpc) is 2.95. The molecule has 5 heteroatoms. The van der Waals surface area contributed by atoms with Crippen molar-refractivity contribution in [2.75, 3.05) is 6.61 Å². The number of hydrogen-bond donors (Lipinski definition) is 0. The fraction of sp³-hybridized carbons (Fsp3) is 0.227. The molecule has 0 amide bonds. The van der Waals surface area contributed by atoms with E-state index >= 15 is 0 Å². The van der Waals surface area contributed by atoms with E-state index in [1.807, 2.05) is 54.6 Å². The second kappa shape index (κ2) is 8.45. The lowest BCUT2D eigenvalue weighted by Crippen LogP contribution is -2.28. The number of nitrogens with zero attached hydrogens (tertiary/aromatic N) is 1. The summed E-state index contributed by atoms with van der Waals surface area (Å²) in [6.07, 6.45) is 1.67. The zero-order valence-corrected chi connectivity index (χ0v) is 15.3. The van der Waals surface area contributed by atoms with Crippen molar-refractivity contribution in [3.05, 3.63) is 71.4 Å². The number of Topliss-reactive ketones (excluding diaryl/α,β-unsaturated/α-hetero) is 1. The summed E-state index contributed by atoms with van der Waals surface area (Å²) < 4.78 is 10.7. The number of rotatable bonds is 6. The van der Waals surface area contributed by atoms with E-state index in [9.17, 15) is 9.59 Å². The van der Waals surface area contributed by atoms with E-state index in [1.165, 1.54) is 0 Å². The van der Waals surface area contributed by atoms with Crippen LogP contribution in [0, 0.1) is 5.92 Å². The molecule has 0 aromatic heterocycles. The van der Waals surface area contributed by atoms with E-state index in [4.69, 9.17) is 9.47 Å². The number of carbonyl (C=O) groups excluding carboxylic acids is 2. The summed E-state index contributed by atoms with van der Waals surface area (Å²) in [6.45, 7) is 4.10. The molecule has 27 heavy (non-hydrogen) atoms. The van der Waals surface area contributed by atoms with Crippen LogP contribution in [0.1, 0.15) is 25.0 Å². The first-order valence-corrected chi connectivity index (χ1v) is 8.83. The number of ether oxygens (including phenoxy) is 2. The van der Waals surface area contributed by atoms with E-state index < -0.39 is 11.9 Å². The van der Waals surface area contributed by atoms with Crippen LogP contribution in [0.5, 0.6) is 5.75 Å². The normalized spacial score (nSPS) is 17.7.